The largest absolute Gasteiger partial charge is 0.495 e. The molecule has 0 heterocycles. The topological polar surface area (TPSA) is 96.0 Å². The van der Waals surface area contributed by atoms with Crippen LogP contribution in [0.15, 0.2) is 77.7 Å². The van der Waals surface area contributed by atoms with Gasteiger partial charge in [-0.15, -0.1) is 0 Å². The molecule has 10 heteroatoms. The Bertz CT molecular complexity index is 1460. The van der Waals surface area contributed by atoms with Gasteiger partial charge in [0, 0.05) is 12.1 Å². The first-order chi connectivity index (χ1) is 18.7. The summed E-state index contributed by atoms with van der Waals surface area (Å²) in [4.78, 5) is 28.6. The summed E-state index contributed by atoms with van der Waals surface area (Å²) in [7, 11) is -2.73. The third-order valence-corrected chi connectivity index (χ3v) is 8.22. The van der Waals surface area contributed by atoms with E-state index in [2.05, 4.69) is 5.32 Å². The zero-order chi connectivity index (χ0) is 29.7. The van der Waals surface area contributed by atoms with Gasteiger partial charge >= 0.3 is 0 Å². The number of aryl methyl sites for hydroxylation is 1. The van der Waals surface area contributed by atoms with Crippen LogP contribution in [0.4, 0.5) is 5.69 Å². The lowest BCUT2D eigenvalue weighted by atomic mass is 10.1. The number of amides is 2. The SMILES string of the molecule is COc1ccc(N(CC(=O)N(Cc2cccc(C)c2)[C@@H](C)C(=O)NC(C)(C)C)S(=O)(=O)c2ccccc2)cc1Cl. The quantitative estimate of drug-likeness (QED) is 0.353. The van der Waals surface area contributed by atoms with Crippen molar-refractivity contribution in [1.29, 1.82) is 0 Å². The second-order valence-electron chi connectivity index (χ2n) is 10.6. The Morgan fingerprint density at radius 3 is 2.25 bits per heavy atom. The number of anilines is 1. The van der Waals surface area contributed by atoms with Crippen molar-refractivity contribution in [1.82, 2.24) is 10.2 Å². The lowest BCUT2D eigenvalue weighted by Gasteiger charge is -2.33. The number of hydrogen-bond acceptors (Lipinski definition) is 5. The van der Waals surface area contributed by atoms with E-state index in [1.807, 2.05) is 52.0 Å². The summed E-state index contributed by atoms with van der Waals surface area (Å²) in [5.41, 5.74) is 1.48. The molecule has 0 aliphatic heterocycles. The predicted molar refractivity (Wildman–Crippen MR) is 158 cm³/mol. The van der Waals surface area contributed by atoms with E-state index < -0.39 is 34.1 Å². The lowest BCUT2D eigenvalue weighted by Crippen LogP contribution is -2.54. The maximum atomic E-state index is 14.0. The summed E-state index contributed by atoms with van der Waals surface area (Å²) in [5.74, 6) is -0.537. The van der Waals surface area contributed by atoms with Gasteiger partial charge in [0.05, 0.1) is 22.7 Å². The molecule has 0 radical (unpaired) electrons. The Morgan fingerprint density at radius 1 is 1.00 bits per heavy atom. The highest BCUT2D eigenvalue weighted by molar-refractivity contribution is 7.92. The monoisotopic (exact) mass is 585 g/mol. The Balaban J connectivity index is 2.06. The number of hydrogen-bond donors (Lipinski definition) is 1. The number of rotatable bonds is 10. The Hall–Kier alpha value is -3.56. The Morgan fingerprint density at radius 2 is 1.68 bits per heavy atom. The van der Waals surface area contributed by atoms with Gasteiger partial charge in [-0.05, 0) is 70.5 Å². The molecule has 214 valence electrons. The molecule has 3 rings (SSSR count). The van der Waals surface area contributed by atoms with Gasteiger partial charge in [0.2, 0.25) is 11.8 Å². The second-order valence-corrected chi connectivity index (χ2v) is 12.8. The molecule has 40 heavy (non-hydrogen) atoms. The first kappa shape index (κ1) is 31.0. The number of methoxy groups -OCH3 is 1. The van der Waals surface area contributed by atoms with Crippen LogP contribution in [0.3, 0.4) is 0 Å². The van der Waals surface area contributed by atoms with Crippen LogP contribution >= 0.6 is 11.6 Å². The van der Waals surface area contributed by atoms with E-state index in [-0.39, 0.29) is 28.1 Å². The van der Waals surface area contributed by atoms with E-state index in [1.54, 1.807) is 31.2 Å². The normalized spacial score (nSPS) is 12.4. The van der Waals surface area contributed by atoms with Crippen molar-refractivity contribution in [3.05, 3.63) is 88.9 Å². The van der Waals surface area contributed by atoms with Crippen LogP contribution in [0.2, 0.25) is 5.02 Å². The van der Waals surface area contributed by atoms with Crippen molar-refractivity contribution in [2.75, 3.05) is 18.0 Å². The summed E-state index contributed by atoms with van der Waals surface area (Å²) in [6.07, 6.45) is 0. The average Bonchev–Trinajstić information content (AvgIpc) is 2.89. The van der Waals surface area contributed by atoms with Gasteiger partial charge in [-0.2, -0.15) is 0 Å². The second kappa shape index (κ2) is 12.7. The molecule has 0 saturated carbocycles. The third kappa shape index (κ3) is 7.76. The van der Waals surface area contributed by atoms with Crippen molar-refractivity contribution < 1.29 is 22.7 Å². The van der Waals surface area contributed by atoms with Crippen LogP contribution < -0.4 is 14.4 Å². The molecule has 2 amide bonds. The number of nitrogens with one attached hydrogen (secondary N) is 1. The highest BCUT2D eigenvalue weighted by Crippen LogP contribution is 2.32. The van der Waals surface area contributed by atoms with Crippen molar-refractivity contribution in [2.24, 2.45) is 0 Å². The van der Waals surface area contributed by atoms with E-state index in [0.29, 0.717) is 5.75 Å². The molecule has 0 saturated heterocycles. The van der Waals surface area contributed by atoms with Crippen LogP contribution in [0.5, 0.6) is 5.75 Å². The number of sulfonamides is 1. The molecular formula is C30H36ClN3O5S. The lowest BCUT2D eigenvalue weighted by molar-refractivity contribution is -0.140. The number of halogens is 1. The Labute approximate surface area is 241 Å². The van der Waals surface area contributed by atoms with Crippen molar-refractivity contribution in [3.8, 4) is 5.75 Å². The number of benzene rings is 3. The smallest absolute Gasteiger partial charge is 0.264 e. The van der Waals surface area contributed by atoms with Crippen molar-refractivity contribution in [2.45, 2.75) is 57.6 Å². The number of nitrogens with zero attached hydrogens (tertiary/aromatic N) is 2. The minimum Gasteiger partial charge on any atom is -0.495 e. The molecule has 0 unspecified atom stereocenters. The Kier molecular flexibility index (Phi) is 9.87. The maximum Gasteiger partial charge on any atom is 0.264 e. The average molecular weight is 586 g/mol. The van der Waals surface area contributed by atoms with Crippen molar-refractivity contribution >= 4 is 39.1 Å². The first-order valence-electron chi connectivity index (χ1n) is 12.8. The van der Waals surface area contributed by atoms with Gasteiger partial charge < -0.3 is 15.0 Å². The zero-order valence-electron chi connectivity index (χ0n) is 23.6. The van der Waals surface area contributed by atoms with Crippen molar-refractivity contribution in [3.63, 3.8) is 0 Å². The van der Waals surface area contributed by atoms with Gasteiger partial charge in [0.1, 0.15) is 18.3 Å². The number of carbonyl (C=O) groups excluding carboxylic acids is 2. The molecule has 8 nitrogen and oxygen atoms in total. The molecule has 0 bridgehead atoms. The molecule has 1 N–H and O–H groups in total. The van der Waals surface area contributed by atoms with Gasteiger partial charge in [0.25, 0.3) is 10.0 Å². The van der Waals surface area contributed by atoms with Gasteiger partial charge in [-0.25, -0.2) is 8.42 Å². The maximum absolute atomic E-state index is 14.0. The number of ether oxygens (including phenoxy) is 1. The predicted octanol–water partition coefficient (Wildman–Crippen LogP) is 5.18. The van der Waals surface area contributed by atoms with E-state index in [0.717, 1.165) is 15.4 Å². The number of carbonyl (C=O) groups is 2. The minimum absolute atomic E-state index is 0.0125. The van der Waals surface area contributed by atoms with Crippen LogP contribution in [0.25, 0.3) is 0 Å². The van der Waals surface area contributed by atoms with Crippen LogP contribution in [-0.4, -0.2) is 50.4 Å². The summed E-state index contributed by atoms with van der Waals surface area (Å²) in [5, 5.41) is 3.11. The molecule has 0 aliphatic carbocycles. The van der Waals surface area contributed by atoms with Crippen LogP contribution in [-0.2, 0) is 26.2 Å². The highest BCUT2D eigenvalue weighted by Gasteiger charge is 2.33. The molecule has 3 aromatic carbocycles. The summed E-state index contributed by atoms with van der Waals surface area (Å²) >= 11 is 6.35. The van der Waals surface area contributed by atoms with Gasteiger partial charge in [0.15, 0.2) is 0 Å². The van der Waals surface area contributed by atoms with E-state index in [4.69, 9.17) is 16.3 Å². The van der Waals surface area contributed by atoms with E-state index >= 15 is 0 Å². The molecule has 3 aromatic rings. The van der Waals surface area contributed by atoms with Gasteiger partial charge in [-0.1, -0.05) is 59.6 Å². The molecule has 0 fully saturated rings. The summed E-state index contributed by atoms with van der Waals surface area (Å²) in [6, 6.07) is 19.1. The van der Waals surface area contributed by atoms with Crippen LogP contribution in [0.1, 0.15) is 38.8 Å². The summed E-state index contributed by atoms with van der Waals surface area (Å²) in [6.45, 7) is 8.69. The zero-order valence-corrected chi connectivity index (χ0v) is 25.2. The van der Waals surface area contributed by atoms with Gasteiger partial charge in [-0.3, -0.25) is 13.9 Å². The fraction of sp³-hybridized carbons (Fsp3) is 0.333. The third-order valence-electron chi connectivity index (χ3n) is 6.13. The van der Waals surface area contributed by atoms with E-state index in [9.17, 15) is 18.0 Å². The molecule has 0 aromatic heterocycles. The first-order valence-corrected chi connectivity index (χ1v) is 14.6. The van der Waals surface area contributed by atoms with E-state index in [1.165, 1.54) is 36.3 Å². The minimum atomic E-state index is -4.19. The fourth-order valence-corrected chi connectivity index (χ4v) is 5.80. The molecule has 1 atom stereocenters. The summed E-state index contributed by atoms with van der Waals surface area (Å²) < 4.78 is 33.9. The molecular weight excluding hydrogens is 550 g/mol. The molecule has 0 aliphatic rings. The molecule has 0 spiro atoms. The van der Waals surface area contributed by atoms with Crippen LogP contribution in [0, 0.1) is 6.92 Å². The fourth-order valence-electron chi connectivity index (χ4n) is 4.12. The highest BCUT2D eigenvalue weighted by atomic mass is 35.5. The standard InChI is InChI=1S/C30H36ClN3O5S/c1-21-11-10-12-23(17-21)19-33(22(2)29(36)32-30(3,4)5)28(35)20-34(24-15-16-27(39-6)26(31)18-24)40(37,38)25-13-8-7-9-14-25/h7-18,22H,19-20H2,1-6H3,(H,32,36)/t22-/m0/s1.